The van der Waals surface area contributed by atoms with Crippen molar-refractivity contribution in [3.63, 3.8) is 0 Å². The number of carboxylic acids is 1. The zero-order valence-corrected chi connectivity index (χ0v) is 22.5. The quantitative estimate of drug-likeness (QED) is 0.281. The van der Waals surface area contributed by atoms with Crippen molar-refractivity contribution < 1.29 is 36.2 Å². The zero-order valence-electron chi connectivity index (χ0n) is 22.5. The van der Waals surface area contributed by atoms with Crippen molar-refractivity contribution in [2.75, 3.05) is 0 Å². The molecule has 3 fully saturated rings. The molecule has 2 N–H and O–H groups in total. The smallest absolute Gasteiger partial charge is 0.442 e. The molecule has 0 amide bonds. The van der Waals surface area contributed by atoms with Crippen molar-refractivity contribution in [1.82, 2.24) is 10.4 Å². The van der Waals surface area contributed by atoms with E-state index in [9.17, 15) is 31.1 Å². The van der Waals surface area contributed by atoms with E-state index in [1.165, 1.54) is 35.7 Å². The molecule has 6 rings (SSSR count). The number of nitrogens with zero attached hydrogens (tertiary/aromatic N) is 3. The van der Waals surface area contributed by atoms with Crippen molar-refractivity contribution in [3.8, 4) is 0 Å². The molecule has 0 aromatic heterocycles. The third kappa shape index (κ3) is 6.91. The molecule has 2 unspecified atom stereocenters. The van der Waals surface area contributed by atoms with E-state index in [4.69, 9.17) is 5.11 Å². The van der Waals surface area contributed by atoms with Gasteiger partial charge in [-0.15, -0.1) is 10.2 Å². The van der Waals surface area contributed by atoms with Gasteiger partial charge < -0.3 is 5.11 Å². The van der Waals surface area contributed by atoms with Crippen LogP contribution in [0.5, 0.6) is 0 Å². The molecule has 2 aliphatic carbocycles. The van der Waals surface area contributed by atoms with Crippen molar-refractivity contribution in [3.05, 3.63) is 71.8 Å². The molecule has 2 aliphatic heterocycles. The van der Waals surface area contributed by atoms with E-state index in [1.54, 1.807) is 36.4 Å². The molecule has 41 heavy (non-hydrogen) atoms. The number of hydrazine groups is 1. The molecule has 2 heterocycles. The highest BCUT2D eigenvalue weighted by Crippen LogP contribution is 2.53. The summed E-state index contributed by atoms with van der Waals surface area (Å²) < 4.78 is 77.6. The van der Waals surface area contributed by atoms with Crippen molar-refractivity contribution in [2.24, 2.45) is 16.1 Å². The van der Waals surface area contributed by atoms with Gasteiger partial charge in [0, 0.05) is 11.6 Å². The van der Waals surface area contributed by atoms with Gasteiger partial charge in [0.1, 0.15) is 0 Å². The predicted molar refractivity (Wildman–Crippen MR) is 139 cm³/mol. The summed E-state index contributed by atoms with van der Waals surface area (Å²) in [5, 5.41) is 16.1. The Morgan fingerprint density at radius 1 is 0.732 bits per heavy atom. The van der Waals surface area contributed by atoms with Gasteiger partial charge in [-0.25, -0.2) is 10.4 Å². The van der Waals surface area contributed by atoms with Crippen molar-refractivity contribution >= 4 is 5.97 Å². The third-order valence-corrected chi connectivity index (χ3v) is 7.96. The number of rotatable bonds is 4. The second-order valence-corrected chi connectivity index (χ2v) is 10.8. The second-order valence-electron chi connectivity index (χ2n) is 10.8. The molecule has 1 saturated heterocycles. The fourth-order valence-corrected chi connectivity index (χ4v) is 5.56. The van der Waals surface area contributed by atoms with Crippen LogP contribution >= 0.6 is 0 Å². The van der Waals surface area contributed by atoms with Crippen LogP contribution in [0.2, 0.25) is 0 Å². The number of hydrogen-bond acceptors (Lipinski definition) is 5. The molecular formula is C29H34F6N4O2. The van der Waals surface area contributed by atoms with Crippen LogP contribution in [0.4, 0.5) is 26.3 Å². The largest absolute Gasteiger partial charge is 0.481 e. The molecule has 0 bridgehead atoms. The fourth-order valence-electron chi connectivity index (χ4n) is 5.56. The van der Waals surface area contributed by atoms with Crippen molar-refractivity contribution in [2.45, 2.75) is 93.9 Å². The maximum atomic E-state index is 13.5. The van der Waals surface area contributed by atoms with Gasteiger partial charge in [0.05, 0.1) is 5.92 Å². The van der Waals surface area contributed by atoms with Gasteiger partial charge in [-0.05, 0) is 31.2 Å². The van der Waals surface area contributed by atoms with Crippen LogP contribution in [-0.4, -0.2) is 34.5 Å². The van der Waals surface area contributed by atoms with Gasteiger partial charge in [-0.1, -0.05) is 99.2 Å². The highest BCUT2D eigenvalue weighted by Gasteiger charge is 2.72. The maximum absolute atomic E-state index is 13.5. The van der Waals surface area contributed by atoms with Gasteiger partial charge in [-0.3, -0.25) is 4.79 Å². The van der Waals surface area contributed by atoms with Crippen LogP contribution in [0, 0.1) is 5.92 Å². The van der Waals surface area contributed by atoms with E-state index in [2.05, 4.69) is 15.7 Å². The van der Waals surface area contributed by atoms with E-state index < -0.39 is 29.6 Å². The Labute approximate surface area is 234 Å². The van der Waals surface area contributed by atoms with Crippen molar-refractivity contribution in [1.29, 1.82) is 0 Å². The molecule has 224 valence electrons. The highest BCUT2D eigenvalue weighted by atomic mass is 19.4. The van der Waals surface area contributed by atoms with E-state index in [-0.39, 0.29) is 23.1 Å². The first-order chi connectivity index (χ1) is 19.4. The number of alkyl halides is 6. The van der Waals surface area contributed by atoms with Gasteiger partial charge in [-0.2, -0.15) is 26.3 Å². The molecule has 2 aromatic rings. The lowest BCUT2D eigenvalue weighted by Gasteiger charge is -2.26. The Kier molecular flexibility index (Phi) is 9.42. The summed E-state index contributed by atoms with van der Waals surface area (Å²) in [6.07, 6.45) is 1.38. The van der Waals surface area contributed by atoms with Crippen LogP contribution in [0.15, 0.2) is 70.9 Å². The van der Waals surface area contributed by atoms with Gasteiger partial charge >= 0.3 is 24.0 Å². The summed E-state index contributed by atoms with van der Waals surface area (Å²) in [6, 6.07) is 15.6. The van der Waals surface area contributed by atoms with Crippen LogP contribution in [-0.2, 0) is 16.1 Å². The Morgan fingerprint density at radius 3 is 1.59 bits per heavy atom. The minimum absolute atomic E-state index is 0.00409. The average Bonchev–Trinajstić information content (AvgIpc) is 3.89. The number of carboxylic acid groups (broad SMARTS) is 1. The number of halogens is 6. The van der Waals surface area contributed by atoms with Gasteiger partial charge in [0.15, 0.2) is 0 Å². The SMILES string of the molecule is FC(F)(F)C1(c2ccccc2)N=N1.FC(F)(F)C1(c2ccccc2)NN1C1CCCCC1.O=C(O)C1CCCCC1. The summed E-state index contributed by atoms with van der Waals surface area (Å²) >= 11 is 0. The van der Waals surface area contributed by atoms with Gasteiger partial charge in [0.25, 0.3) is 0 Å². The van der Waals surface area contributed by atoms with Crippen LogP contribution in [0.3, 0.4) is 0 Å². The average molecular weight is 585 g/mol. The van der Waals surface area contributed by atoms with E-state index in [0.717, 1.165) is 57.8 Å². The molecule has 0 radical (unpaired) electrons. The second kappa shape index (κ2) is 12.5. The predicted octanol–water partition coefficient (Wildman–Crippen LogP) is 8.07. The Bertz CT molecular complexity index is 1160. The number of nitrogens with one attached hydrogen (secondary N) is 1. The molecule has 2 aromatic carbocycles. The van der Waals surface area contributed by atoms with E-state index in [1.807, 2.05) is 0 Å². The summed E-state index contributed by atoms with van der Waals surface area (Å²) in [4.78, 5) is 10.4. The Hall–Kier alpha value is -2.99. The van der Waals surface area contributed by atoms with Crippen LogP contribution < -0.4 is 5.43 Å². The molecule has 4 aliphatic rings. The number of hydrogen-bond donors (Lipinski definition) is 2. The minimum atomic E-state index is -4.42. The lowest BCUT2D eigenvalue weighted by atomic mass is 9.90. The monoisotopic (exact) mass is 584 g/mol. The number of benzene rings is 2. The lowest BCUT2D eigenvalue weighted by molar-refractivity contribution is -0.178. The Morgan fingerprint density at radius 2 is 1.20 bits per heavy atom. The van der Waals surface area contributed by atoms with E-state index in [0.29, 0.717) is 0 Å². The first kappa shape index (κ1) is 31.0. The maximum Gasteiger partial charge on any atom is 0.442 e. The first-order valence-corrected chi connectivity index (χ1v) is 13.9. The normalized spacial score (nSPS) is 25.7. The molecule has 2 atom stereocenters. The minimum Gasteiger partial charge on any atom is -0.481 e. The molecule has 2 saturated carbocycles. The third-order valence-electron chi connectivity index (χ3n) is 7.96. The summed E-state index contributed by atoms with van der Waals surface area (Å²) in [6.45, 7) is 0. The fraction of sp³-hybridized carbons (Fsp3) is 0.552. The van der Waals surface area contributed by atoms with E-state index >= 15 is 0 Å². The summed E-state index contributed by atoms with van der Waals surface area (Å²) in [5.74, 6) is -0.631. The number of carbonyl (C=O) groups is 1. The zero-order chi connectivity index (χ0) is 29.7. The summed E-state index contributed by atoms with van der Waals surface area (Å²) in [7, 11) is 0. The number of aliphatic carboxylic acids is 1. The van der Waals surface area contributed by atoms with Crippen LogP contribution in [0.1, 0.15) is 75.3 Å². The van der Waals surface area contributed by atoms with Gasteiger partial charge in [0.2, 0.25) is 5.66 Å². The topological polar surface area (TPSA) is 87.0 Å². The lowest BCUT2D eigenvalue weighted by Crippen LogP contribution is -2.38. The van der Waals surface area contributed by atoms with Crippen LogP contribution in [0.25, 0.3) is 0 Å². The molecule has 0 spiro atoms. The molecular weight excluding hydrogens is 550 g/mol. The molecule has 6 nitrogen and oxygen atoms in total. The Balaban J connectivity index is 0.000000153. The standard InChI is InChI=1S/C14H17F3N2.C8H5F3N2.C7H12O2/c15-14(16,17)13(11-7-3-1-4-8-11)18-19(13)12-9-5-2-6-10-12;9-8(10,11)7(12-13-7)6-4-2-1-3-5-6;8-7(9)6-4-2-1-3-5-6/h1,3-4,7-8,12,18H,2,5-6,9-10H2;1-5H;6H,1-5H2,(H,8,9). The highest BCUT2D eigenvalue weighted by molar-refractivity contribution is 5.69. The molecule has 12 heteroatoms. The summed E-state index contributed by atoms with van der Waals surface area (Å²) in [5.41, 5.74) is -1.26. The first-order valence-electron chi connectivity index (χ1n) is 13.9.